The van der Waals surface area contributed by atoms with Crippen molar-refractivity contribution < 1.29 is 23.3 Å². The summed E-state index contributed by atoms with van der Waals surface area (Å²) in [6.45, 7) is 7.39. The summed E-state index contributed by atoms with van der Waals surface area (Å²) in [5, 5.41) is 5.17. The van der Waals surface area contributed by atoms with E-state index in [-0.39, 0.29) is 39.7 Å². The maximum atomic E-state index is 4.51. The summed E-state index contributed by atoms with van der Waals surface area (Å²) < 4.78 is 0. The van der Waals surface area contributed by atoms with Crippen LogP contribution in [0.4, 0.5) is 0 Å². The number of nitrogens with zero attached hydrogens (tertiary/aromatic N) is 2. The molecule has 0 unspecified atom stereocenters. The molecule has 50 heavy (non-hydrogen) atoms. The number of hydrogen-bond donors (Lipinski definition) is 0. The topological polar surface area (TPSA) is 25.8 Å². The zero-order valence-corrected chi connectivity index (χ0v) is 33.8. The number of aromatic nitrogens is 2. The molecule has 0 aliphatic carbocycles. The molecule has 6 heteroatoms. The molecule has 8 rings (SSSR count). The van der Waals surface area contributed by atoms with Gasteiger partial charge >= 0.3 is 30.2 Å². The van der Waals surface area contributed by atoms with Gasteiger partial charge in [-0.2, -0.15) is 0 Å². The normalized spacial score (nSPS) is 9.70. The number of rotatable bonds is 4. The monoisotopic (exact) mass is 784 g/mol. The molecule has 0 bridgehead atoms. The van der Waals surface area contributed by atoms with Gasteiger partial charge in [0, 0.05) is 12.4 Å². The molecule has 2 radical (unpaired) electrons. The van der Waals surface area contributed by atoms with Crippen LogP contribution in [0.1, 0.15) is 11.1 Å². The van der Waals surface area contributed by atoms with Gasteiger partial charge in [-0.3, -0.25) is 9.97 Å². The summed E-state index contributed by atoms with van der Waals surface area (Å²) >= 11 is 1.36. The Bertz CT molecular complexity index is 2040. The van der Waals surface area contributed by atoms with E-state index in [1.54, 1.807) is 0 Å². The number of benzene rings is 4. The van der Waals surface area contributed by atoms with Gasteiger partial charge in [0.25, 0.3) is 0 Å². The first-order valence-electron chi connectivity index (χ1n) is 15.2. The first kappa shape index (κ1) is 42.2. The van der Waals surface area contributed by atoms with Gasteiger partial charge in [-0.25, -0.2) is 0 Å². The fourth-order valence-corrected chi connectivity index (χ4v) is 5.98. The molecule has 252 valence electrons. The number of halogens is 2. The maximum absolute atomic E-state index is 4.51. The predicted octanol–water partition coefficient (Wildman–Crippen LogP) is 12.6. The first-order valence-corrected chi connectivity index (χ1v) is 19.4. The molecule has 0 aliphatic rings. The molecule has 6 aromatic carbocycles. The van der Waals surface area contributed by atoms with Gasteiger partial charge in [0.05, 0.1) is 11.4 Å². The van der Waals surface area contributed by atoms with Gasteiger partial charge in [0.15, 0.2) is 0 Å². The van der Waals surface area contributed by atoms with E-state index in [4.69, 9.17) is 0 Å². The van der Waals surface area contributed by atoms with E-state index in [2.05, 4.69) is 152 Å². The Balaban J connectivity index is 0.000000307. The summed E-state index contributed by atoms with van der Waals surface area (Å²) in [4.78, 5) is 9.02. The number of hydrogen-bond acceptors (Lipinski definition) is 2. The van der Waals surface area contributed by atoms with Crippen molar-refractivity contribution in [3.05, 3.63) is 184 Å². The van der Waals surface area contributed by atoms with Crippen LogP contribution >= 0.6 is 24.8 Å². The molecule has 0 saturated carbocycles. The Morgan fingerprint density at radius 2 is 0.840 bits per heavy atom. The zero-order valence-electron chi connectivity index (χ0n) is 28.7. The van der Waals surface area contributed by atoms with Crippen molar-refractivity contribution in [1.82, 2.24) is 9.97 Å². The number of pyridine rings is 2. The van der Waals surface area contributed by atoms with Gasteiger partial charge in [-0.1, -0.05) is 122 Å². The van der Waals surface area contributed by atoms with Crippen molar-refractivity contribution in [2.45, 2.75) is 13.8 Å². The first-order chi connectivity index (χ1) is 22.7. The fourth-order valence-electron chi connectivity index (χ4n) is 5.98. The second-order valence-electron chi connectivity index (χ2n) is 11.2. The summed E-state index contributed by atoms with van der Waals surface area (Å²) in [7, 11) is 0. The zero-order chi connectivity index (χ0) is 31.9. The fraction of sp³-hybridized carbons (Fsp3) is 0.0455. The Hall–Kier alpha value is -3.92. The molecule has 8 aromatic rings. The SMILES string of the molecule is Cc1ccc(-c2ccccn2)c2cc(-c3ccccc3)[cH-]c12.Cc1ccc(-c2ccccn2)c2cc(-c3ccccc3)[cH-]c12.Cl.Cl.[CH3-].[CH3-].[Si]=[Zr]. The standard InChI is InChI=1S/2C21H16N.2CH3.2ClH.Si.Zr/c2*1-15-10-11-18(21-9-5-6-12-22-21)20-14-17(13-19(15)20)16-7-3-2-4-8-16;;;;;;/h2*2-14H,1H3;2*1H3;2*1H;;/q4*-1;;;;. The molecule has 2 heterocycles. The van der Waals surface area contributed by atoms with E-state index in [0.717, 1.165) is 11.4 Å². The van der Waals surface area contributed by atoms with Crippen molar-refractivity contribution in [2.75, 3.05) is 0 Å². The van der Waals surface area contributed by atoms with Crippen LogP contribution in [0, 0.1) is 28.7 Å². The van der Waals surface area contributed by atoms with Gasteiger partial charge in [-0.15, -0.1) is 92.9 Å². The van der Waals surface area contributed by atoms with Crippen molar-refractivity contribution in [2.24, 2.45) is 0 Å². The molecule has 0 saturated heterocycles. The van der Waals surface area contributed by atoms with Crippen LogP contribution in [0.3, 0.4) is 0 Å². The van der Waals surface area contributed by atoms with Crippen LogP contribution in [0.15, 0.2) is 158 Å². The van der Waals surface area contributed by atoms with Gasteiger partial charge in [0.1, 0.15) is 0 Å². The summed E-state index contributed by atoms with van der Waals surface area (Å²) in [6, 6.07) is 51.0. The van der Waals surface area contributed by atoms with Gasteiger partial charge < -0.3 is 14.9 Å². The summed E-state index contributed by atoms with van der Waals surface area (Å²) in [5.74, 6) is 0. The van der Waals surface area contributed by atoms with E-state index in [1.807, 2.05) is 36.7 Å². The minimum atomic E-state index is 0. The van der Waals surface area contributed by atoms with E-state index in [1.165, 1.54) is 89.4 Å². The van der Waals surface area contributed by atoms with Crippen molar-refractivity contribution in [3.8, 4) is 44.8 Å². The predicted molar refractivity (Wildman–Crippen MR) is 219 cm³/mol. The Kier molecular flexibility index (Phi) is 16.9. The van der Waals surface area contributed by atoms with E-state index < -0.39 is 0 Å². The molecule has 0 N–H and O–H groups in total. The quantitative estimate of drug-likeness (QED) is 0.131. The van der Waals surface area contributed by atoms with Crippen molar-refractivity contribution in [1.29, 1.82) is 0 Å². The molecule has 2 nitrogen and oxygen atoms in total. The Labute approximate surface area is 326 Å². The molecular formula is C44H40Cl2N2SiZr-4. The van der Waals surface area contributed by atoms with Crippen molar-refractivity contribution >= 4 is 53.2 Å². The average molecular weight is 787 g/mol. The average Bonchev–Trinajstić information content (AvgIpc) is 3.79. The molecule has 0 fully saturated rings. The third-order valence-electron chi connectivity index (χ3n) is 8.31. The van der Waals surface area contributed by atoms with Crippen LogP contribution in [-0.4, -0.2) is 16.8 Å². The molecule has 2 aromatic heterocycles. The van der Waals surface area contributed by atoms with Crippen LogP contribution in [0.25, 0.3) is 66.3 Å². The van der Waals surface area contributed by atoms with Gasteiger partial charge in [-0.05, 0) is 35.4 Å². The number of fused-ring (bicyclic) bond motifs is 2. The van der Waals surface area contributed by atoms with E-state index >= 15 is 0 Å². The third-order valence-corrected chi connectivity index (χ3v) is 8.31. The summed E-state index contributed by atoms with van der Waals surface area (Å²) in [5.41, 5.74) is 12.1. The molecule has 0 atom stereocenters. The van der Waals surface area contributed by atoms with Gasteiger partial charge in [0.2, 0.25) is 0 Å². The van der Waals surface area contributed by atoms with E-state index in [9.17, 15) is 0 Å². The van der Waals surface area contributed by atoms with E-state index in [0.29, 0.717) is 0 Å². The van der Waals surface area contributed by atoms with Crippen molar-refractivity contribution in [3.63, 3.8) is 0 Å². The second kappa shape index (κ2) is 20.1. The molecule has 0 spiro atoms. The van der Waals surface area contributed by atoms with Crippen LogP contribution < -0.4 is 0 Å². The van der Waals surface area contributed by atoms with Crippen LogP contribution in [-0.2, 0) is 23.3 Å². The minimum absolute atomic E-state index is 0. The molecular weight excluding hydrogens is 747 g/mol. The van der Waals surface area contributed by atoms with Crippen LogP contribution in [0.2, 0.25) is 0 Å². The Morgan fingerprint density at radius 3 is 1.18 bits per heavy atom. The van der Waals surface area contributed by atoms with Crippen LogP contribution in [0.5, 0.6) is 0 Å². The molecule has 0 aliphatic heterocycles. The second-order valence-corrected chi connectivity index (χ2v) is 11.2. The number of aryl methyl sites for hydroxylation is 2. The summed E-state index contributed by atoms with van der Waals surface area (Å²) in [6.07, 6.45) is 3.70. The third kappa shape index (κ3) is 9.24. The molecule has 0 amide bonds. The Morgan fingerprint density at radius 1 is 0.480 bits per heavy atom.